The molecule has 0 N–H and O–H groups in total. The Labute approximate surface area is 386 Å². The fourth-order valence-electron chi connectivity index (χ4n) is 11.9. The Kier molecular flexibility index (Phi) is 8.64. The van der Waals surface area contributed by atoms with Crippen LogP contribution in [0.2, 0.25) is 0 Å². The molecule has 0 amide bonds. The smallest absolute Gasteiger partial charge is 0.0541 e. The fraction of sp³-hybridized carbons (Fsp3) is 0.0938. The molecule has 2 unspecified atom stereocenters. The number of hydrogen-bond donors (Lipinski definition) is 0. The van der Waals surface area contributed by atoms with Gasteiger partial charge in [-0.3, -0.25) is 0 Å². The van der Waals surface area contributed by atoms with Crippen LogP contribution in [0.15, 0.2) is 236 Å². The number of aromatic nitrogens is 1. The van der Waals surface area contributed by atoms with Crippen molar-refractivity contribution in [1.82, 2.24) is 4.57 Å². The lowest BCUT2D eigenvalue weighted by Gasteiger charge is -2.35. The van der Waals surface area contributed by atoms with Gasteiger partial charge in [0.2, 0.25) is 0 Å². The second-order valence-electron chi connectivity index (χ2n) is 18.9. The van der Waals surface area contributed by atoms with Crippen LogP contribution in [0.3, 0.4) is 0 Å². The molecule has 0 saturated heterocycles. The monoisotopic (exact) mass is 844 g/mol. The van der Waals surface area contributed by atoms with Crippen molar-refractivity contribution in [2.45, 2.75) is 32.1 Å². The van der Waals surface area contributed by atoms with Crippen LogP contribution < -0.4 is 4.90 Å². The fourth-order valence-corrected chi connectivity index (χ4v) is 11.9. The van der Waals surface area contributed by atoms with Gasteiger partial charge in [-0.25, -0.2) is 0 Å². The Morgan fingerprint density at radius 1 is 0.455 bits per heavy atom. The van der Waals surface area contributed by atoms with Gasteiger partial charge >= 0.3 is 0 Å². The van der Waals surface area contributed by atoms with Crippen molar-refractivity contribution in [2.24, 2.45) is 5.92 Å². The maximum atomic E-state index is 2.51. The largest absolute Gasteiger partial charge is 0.311 e. The number of fused-ring (bicyclic) bond motifs is 9. The highest BCUT2D eigenvalue weighted by atomic mass is 15.1. The Hall–Kier alpha value is -7.94. The Bertz CT molecular complexity index is 3690. The predicted octanol–water partition coefficient (Wildman–Crippen LogP) is 17.3. The molecule has 2 aliphatic rings. The molecule has 0 spiro atoms. The van der Waals surface area contributed by atoms with Crippen molar-refractivity contribution in [3.8, 4) is 27.9 Å². The van der Waals surface area contributed by atoms with E-state index in [-0.39, 0.29) is 5.41 Å². The van der Waals surface area contributed by atoms with Gasteiger partial charge in [0, 0.05) is 44.9 Å². The molecule has 0 aliphatic heterocycles. The average molecular weight is 845 g/mol. The lowest BCUT2D eigenvalue weighted by molar-refractivity contribution is 0.546. The summed E-state index contributed by atoms with van der Waals surface area (Å²) in [6, 6.07) is 78.6. The van der Waals surface area contributed by atoms with E-state index in [0.717, 1.165) is 17.1 Å². The molecule has 2 heteroatoms. The first-order valence-electron chi connectivity index (χ1n) is 23.4. The summed E-state index contributed by atoms with van der Waals surface area (Å²) in [6.07, 6.45) is 5.01. The quantitative estimate of drug-likeness (QED) is 0.151. The van der Waals surface area contributed by atoms with Gasteiger partial charge in [0.1, 0.15) is 0 Å². The van der Waals surface area contributed by atoms with Crippen molar-refractivity contribution in [3.63, 3.8) is 0 Å². The van der Waals surface area contributed by atoms with Crippen molar-refractivity contribution < 1.29 is 0 Å². The Balaban J connectivity index is 0.972. The van der Waals surface area contributed by atoms with E-state index in [9.17, 15) is 0 Å². The first-order valence-corrected chi connectivity index (χ1v) is 23.4. The minimum Gasteiger partial charge on any atom is -0.311 e. The minimum absolute atomic E-state index is 0.0781. The van der Waals surface area contributed by atoms with E-state index in [1.807, 2.05) is 0 Å². The predicted molar refractivity (Wildman–Crippen MR) is 280 cm³/mol. The van der Waals surface area contributed by atoms with Crippen LogP contribution in [0.5, 0.6) is 0 Å². The van der Waals surface area contributed by atoms with Crippen LogP contribution in [-0.2, 0) is 5.41 Å². The summed E-state index contributed by atoms with van der Waals surface area (Å²) in [5, 5.41) is 10.1. The summed E-state index contributed by atoms with van der Waals surface area (Å²) >= 11 is 0. The van der Waals surface area contributed by atoms with E-state index < -0.39 is 0 Å². The van der Waals surface area contributed by atoms with Gasteiger partial charge in [0.15, 0.2) is 0 Å². The lowest BCUT2D eigenvalue weighted by atomic mass is 9.75. The third-order valence-electron chi connectivity index (χ3n) is 14.9. The molecule has 13 rings (SSSR count). The number of para-hydroxylation sites is 2. The Morgan fingerprint density at radius 3 is 1.59 bits per heavy atom. The Morgan fingerprint density at radius 2 is 0.955 bits per heavy atom. The number of benzene rings is 10. The molecule has 10 aromatic carbocycles. The molecule has 0 bridgehead atoms. The summed E-state index contributed by atoms with van der Waals surface area (Å²) in [5.74, 6) is 0.680. The summed E-state index contributed by atoms with van der Waals surface area (Å²) in [4.78, 5) is 2.48. The zero-order chi connectivity index (χ0) is 44.1. The lowest BCUT2D eigenvalue weighted by Crippen LogP contribution is -2.25. The van der Waals surface area contributed by atoms with Crippen LogP contribution in [0, 0.1) is 5.92 Å². The molecule has 1 aromatic heterocycles. The number of hydrogen-bond acceptors (Lipinski definition) is 1. The summed E-state index contributed by atoms with van der Waals surface area (Å²) in [6.45, 7) is 7.22. The molecular weight excluding hydrogens is 797 g/mol. The van der Waals surface area contributed by atoms with Gasteiger partial charge in [-0.15, -0.1) is 0 Å². The average Bonchev–Trinajstić information content (AvgIpc) is 3.82. The molecule has 1 heterocycles. The van der Waals surface area contributed by atoms with Crippen LogP contribution in [0.1, 0.15) is 37.8 Å². The van der Waals surface area contributed by atoms with Gasteiger partial charge < -0.3 is 9.47 Å². The van der Waals surface area contributed by atoms with Crippen LogP contribution in [0.25, 0.3) is 82.1 Å². The molecule has 2 atom stereocenters. The SMILES string of the molecule is CC1C=C(N(c2ccc(-c3c4ccccc4c(-c4cccc5ccccc45)c4ccccc34)cc2)c2ccc(-n3c4ccccc4c4ccccc43)cc2)C=C2C1c1ccccc1C2(C)C. The highest BCUT2D eigenvalue weighted by molar-refractivity contribution is 6.23. The topological polar surface area (TPSA) is 8.17 Å². The van der Waals surface area contributed by atoms with E-state index in [1.54, 1.807) is 0 Å². The third kappa shape index (κ3) is 5.74. The van der Waals surface area contributed by atoms with Gasteiger partial charge in [-0.05, 0) is 126 Å². The first kappa shape index (κ1) is 38.5. The van der Waals surface area contributed by atoms with Crippen LogP contribution in [-0.4, -0.2) is 4.57 Å². The third-order valence-corrected chi connectivity index (χ3v) is 14.9. The number of rotatable bonds is 6. The van der Waals surface area contributed by atoms with Gasteiger partial charge in [-0.1, -0.05) is 196 Å². The highest BCUT2D eigenvalue weighted by Crippen LogP contribution is 2.56. The molecule has 66 heavy (non-hydrogen) atoms. The summed E-state index contributed by atoms with van der Waals surface area (Å²) in [5.41, 5.74) is 16.4. The van der Waals surface area contributed by atoms with Crippen LogP contribution >= 0.6 is 0 Å². The molecule has 2 nitrogen and oxygen atoms in total. The molecular formula is C64H48N2. The van der Waals surface area contributed by atoms with E-state index in [0.29, 0.717) is 11.8 Å². The van der Waals surface area contributed by atoms with E-state index in [2.05, 4.69) is 255 Å². The zero-order valence-corrected chi connectivity index (χ0v) is 37.4. The van der Waals surface area contributed by atoms with E-state index in [1.165, 1.54) is 98.8 Å². The maximum Gasteiger partial charge on any atom is 0.0541 e. The van der Waals surface area contributed by atoms with Crippen molar-refractivity contribution >= 4 is 65.5 Å². The molecule has 11 aromatic rings. The van der Waals surface area contributed by atoms with Gasteiger partial charge in [0.25, 0.3) is 0 Å². The zero-order valence-electron chi connectivity index (χ0n) is 37.4. The van der Waals surface area contributed by atoms with E-state index in [4.69, 9.17) is 0 Å². The number of nitrogens with zero attached hydrogens (tertiary/aromatic N) is 2. The van der Waals surface area contributed by atoms with Crippen molar-refractivity contribution in [2.75, 3.05) is 4.90 Å². The van der Waals surface area contributed by atoms with Crippen molar-refractivity contribution in [1.29, 1.82) is 0 Å². The standard InChI is InChI=1S/C64H48N2/c1-41-39-47(40-58-61(41)56-26-10-13-28-57(56)64(58,2)3)65(45-35-37-46(38-36-45)66-59-29-14-11-20-49(59)50-21-12-15-30-60(50)66)44-33-31-43(32-34-44)62-52-22-6-8-24-54(52)63(55-25-9-7-23-53(55)62)51-27-16-18-42-17-4-5-19-48(42)51/h4-41,61H,1-3H3. The minimum atomic E-state index is -0.0781. The maximum absolute atomic E-state index is 2.51. The molecule has 0 saturated carbocycles. The van der Waals surface area contributed by atoms with Gasteiger partial charge in [-0.2, -0.15) is 0 Å². The van der Waals surface area contributed by atoms with Crippen LogP contribution in [0.4, 0.5) is 11.4 Å². The second kappa shape index (κ2) is 14.8. The molecule has 0 fully saturated rings. The molecule has 2 aliphatic carbocycles. The first-order chi connectivity index (χ1) is 32.4. The van der Waals surface area contributed by atoms with Crippen molar-refractivity contribution in [3.05, 3.63) is 247 Å². The molecule has 0 radical (unpaired) electrons. The van der Waals surface area contributed by atoms with E-state index >= 15 is 0 Å². The number of anilines is 2. The van der Waals surface area contributed by atoms with Gasteiger partial charge in [0.05, 0.1) is 11.0 Å². The molecule has 314 valence electrons. The second-order valence-corrected chi connectivity index (χ2v) is 18.9. The highest BCUT2D eigenvalue weighted by Gasteiger charge is 2.45. The summed E-state index contributed by atoms with van der Waals surface area (Å²) in [7, 11) is 0. The number of allylic oxidation sites excluding steroid dienone is 3. The summed E-state index contributed by atoms with van der Waals surface area (Å²) < 4.78 is 2.40. The normalized spacial score (nSPS) is 16.4.